The maximum Gasteiger partial charge on any atom is 0.294 e. The van der Waals surface area contributed by atoms with Crippen molar-refractivity contribution in [1.29, 1.82) is 0 Å². The molecule has 0 bridgehead atoms. The lowest BCUT2D eigenvalue weighted by Gasteiger charge is -2.06. The minimum Gasteiger partial charge on any atom is -0.378 e. The summed E-state index contributed by atoms with van der Waals surface area (Å²) in [6.07, 6.45) is 0. The summed E-state index contributed by atoms with van der Waals surface area (Å²) in [5.74, 6) is -0.412. The van der Waals surface area contributed by atoms with Gasteiger partial charge in [-0.25, -0.2) is 10.1 Å². The lowest BCUT2D eigenvalue weighted by atomic mass is 10.1. The summed E-state index contributed by atoms with van der Waals surface area (Å²) in [4.78, 5) is 12.9. The second-order valence-corrected chi connectivity index (χ2v) is 6.62. The molecular formula is C19H15ClN8O2. The van der Waals surface area contributed by atoms with Crippen LogP contribution in [0, 0.1) is 0 Å². The quantitative estimate of drug-likeness (QED) is 0.372. The average Bonchev–Trinajstić information content (AvgIpc) is 3.38. The molecule has 150 valence electrons. The van der Waals surface area contributed by atoms with Crippen LogP contribution >= 0.6 is 11.6 Å². The van der Waals surface area contributed by atoms with Crippen LogP contribution in [0.4, 0.5) is 5.82 Å². The van der Waals surface area contributed by atoms with E-state index in [0.29, 0.717) is 22.0 Å². The van der Waals surface area contributed by atoms with E-state index in [1.165, 1.54) is 4.68 Å². The van der Waals surface area contributed by atoms with Gasteiger partial charge in [0.05, 0.1) is 5.71 Å². The molecule has 4 aromatic rings. The van der Waals surface area contributed by atoms with Gasteiger partial charge in [-0.1, -0.05) is 59.3 Å². The number of nitrogens with one attached hydrogen (secondary N) is 1. The normalized spacial score (nSPS) is 11.5. The molecule has 4 rings (SSSR count). The number of nitrogens with zero attached hydrogens (tertiary/aromatic N) is 6. The zero-order chi connectivity index (χ0) is 21.1. The van der Waals surface area contributed by atoms with E-state index in [0.717, 1.165) is 5.56 Å². The number of hydrogen-bond donors (Lipinski definition) is 2. The third kappa shape index (κ3) is 3.76. The Morgan fingerprint density at radius 1 is 1.13 bits per heavy atom. The monoisotopic (exact) mass is 422 g/mol. The van der Waals surface area contributed by atoms with Gasteiger partial charge in [0, 0.05) is 10.6 Å². The Kier molecular flexibility index (Phi) is 5.22. The van der Waals surface area contributed by atoms with Crippen LogP contribution in [-0.4, -0.2) is 36.9 Å². The van der Waals surface area contributed by atoms with Crippen molar-refractivity contribution in [2.75, 3.05) is 5.73 Å². The lowest BCUT2D eigenvalue weighted by Crippen LogP contribution is -2.21. The Morgan fingerprint density at radius 2 is 1.87 bits per heavy atom. The fourth-order valence-corrected chi connectivity index (χ4v) is 2.85. The molecule has 0 aliphatic carbocycles. The number of carbonyl (C=O) groups is 1. The zero-order valence-corrected chi connectivity index (χ0v) is 16.4. The molecule has 11 heteroatoms. The number of benzene rings is 2. The maximum absolute atomic E-state index is 12.9. The SMILES string of the molecule is CC(=NNC(=O)c1nnn(-c2nonc2N)c1-c1ccccc1)c1ccc(Cl)cc1. The van der Waals surface area contributed by atoms with Crippen LogP contribution in [0.5, 0.6) is 0 Å². The van der Waals surface area contributed by atoms with Gasteiger partial charge < -0.3 is 5.73 Å². The molecule has 1 amide bonds. The predicted molar refractivity (Wildman–Crippen MR) is 110 cm³/mol. The van der Waals surface area contributed by atoms with Crippen molar-refractivity contribution in [2.45, 2.75) is 6.92 Å². The summed E-state index contributed by atoms with van der Waals surface area (Å²) >= 11 is 5.90. The van der Waals surface area contributed by atoms with Crippen molar-refractivity contribution in [1.82, 2.24) is 30.7 Å². The largest absolute Gasteiger partial charge is 0.378 e. The predicted octanol–water partition coefficient (Wildman–Crippen LogP) is 2.71. The number of carbonyl (C=O) groups excluding carboxylic acids is 1. The van der Waals surface area contributed by atoms with E-state index in [2.05, 4.69) is 35.8 Å². The van der Waals surface area contributed by atoms with Crippen molar-refractivity contribution in [3.63, 3.8) is 0 Å². The summed E-state index contributed by atoms with van der Waals surface area (Å²) in [7, 11) is 0. The molecule has 2 heterocycles. The van der Waals surface area contributed by atoms with Crippen molar-refractivity contribution < 1.29 is 9.42 Å². The minimum absolute atomic E-state index is 0.0145. The molecule has 0 aliphatic rings. The topological polar surface area (TPSA) is 137 Å². The van der Waals surface area contributed by atoms with E-state index in [9.17, 15) is 4.79 Å². The standard InChI is InChI=1S/C19H15ClN8O2/c1-11(12-7-9-14(20)10-8-12)22-24-19(29)15-16(13-5-3-2-4-6-13)28(27-23-15)18-17(21)25-30-26-18/h2-10H,1H3,(H2,21,25)(H,24,29). The van der Waals surface area contributed by atoms with Crippen LogP contribution < -0.4 is 11.2 Å². The van der Waals surface area contributed by atoms with Crippen molar-refractivity contribution >= 4 is 29.0 Å². The van der Waals surface area contributed by atoms with Crippen LogP contribution in [0.2, 0.25) is 5.02 Å². The lowest BCUT2D eigenvalue weighted by molar-refractivity contribution is 0.0950. The first-order chi connectivity index (χ1) is 14.5. The molecule has 0 fully saturated rings. The van der Waals surface area contributed by atoms with E-state index in [1.807, 2.05) is 18.2 Å². The Labute approximate surface area is 175 Å². The second-order valence-electron chi connectivity index (χ2n) is 6.18. The van der Waals surface area contributed by atoms with Gasteiger partial charge in [-0.2, -0.15) is 9.78 Å². The van der Waals surface area contributed by atoms with E-state index < -0.39 is 5.91 Å². The molecule has 0 radical (unpaired) electrons. The Morgan fingerprint density at radius 3 is 2.53 bits per heavy atom. The first kappa shape index (κ1) is 19.3. The molecular weight excluding hydrogens is 408 g/mol. The molecule has 2 aromatic heterocycles. The minimum atomic E-state index is -0.552. The van der Waals surface area contributed by atoms with Gasteiger partial charge in [-0.05, 0) is 34.9 Å². The fraction of sp³-hybridized carbons (Fsp3) is 0.0526. The molecule has 0 unspecified atom stereocenters. The van der Waals surface area contributed by atoms with E-state index in [-0.39, 0.29) is 17.3 Å². The molecule has 0 saturated carbocycles. The molecule has 0 saturated heterocycles. The van der Waals surface area contributed by atoms with Gasteiger partial charge in [-0.3, -0.25) is 4.79 Å². The van der Waals surface area contributed by atoms with E-state index in [1.54, 1.807) is 43.3 Å². The number of amides is 1. The molecule has 0 aliphatic heterocycles. The van der Waals surface area contributed by atoms with Gasteiger partial charge in [0.2, 0.25) is 11.6 Å². The first-order valence-corrected chi connectivity index (χ1v) is 9.12. The van der Waals surface area contributed by atoms with E-state index in [4.69, 9.17) is 17.3 Å². The third-order valence-corrected chi connectivity index (χ3v) is 4.47. The first-order valence-electron chi connectivity index (χ1n) is 8.74. The third-order valence-electron chi connectivity index (χ3n) is 4.22. The number of nitrogens with two attached hydrogens (primary N) is 1. The molecule has 30 heavy (non-hydrogen) atoms. The maximum atomic E-state index is 12.9. The van der Waals surface area contributed by atoms with Crippen molar-refractivity contribution in [3.05, 3.63) is 70.9 Å². The molecule has 0 spiro atoms. The summed E-state index contributed by atoms with van der Waals surface area (Å²) < 4.78 is 5.95. The van der Waals surface area contributed by atoms with Crippen molar-refractivity contribution in [3.8, 4) is 17.1 Å². The molecule has 3 N–H and O–H groups in total. The Hall–Kier alpha value is -4.05. The van der Waals surface area contributed by atoms with E-state index >= 15 is 0 Å². The van der Waals surface area contributed by atoms with Crippen LogP contribution in [0.3, 0.4) is 0 Å². The number of hydrogen-bond acceptors (Lipinski definition) is 8. The summed E-state index contributed by atoms with van der Waals surface area (Å²) in [6, 6.07) is 16.2. The fourth-order valence-electron chi connectivity index (χ4n) is 2.72. The highest BCUT2D eigenvalue weighted by atomic mass is 35.5. The second kappa shape index (κ2) is 8.13. The highest BCUT2D eigenvalue weighted by molar-refractivity contribution is 6.30. The number of halogens is 1. The van der Waals surface area contributed by atoms with Gasteiger partial charge in [0.1, 0.15) is 5.69 Å². The van der Waals surface area contributed by atoms with Gasteiger partial charge in [0.25, 0.3) is 5.91 Å². The van der Waals surface area contributed by atoms with Gasteiger partial charge in [-0.15, -0.1) is 5.10 Å². The number of aromatic nitrogens is 5. The molecule has 2 aromatic carbocycles. The smallest absolute Gasteiger partial charge is 0.294 e. The number of hydrazone groups is 1. The van der Waals surface area contributed by atoms with Crippen LogP contribution in [-0.2, 0) is 0 Å². The van der Waals surface area contributed by atoms with Crippen LogP contribution in [0.15, 0.2) is 64.3 Å². The van der Waals surface area contributed by atoms with Crippen molar-refractivity contribution in [2.24, 2.45) is 5.10 Å². The number of anilines is 1. The molecule has 10 nitrogen and oxygen atoms in total. The number of nitrogen functional groups attached to an aromatic ring is 1. The summed E-state index contributed by atoms with van der Waals surface area (Å²) in [6.45, 7) is 1.76. The average molecular weight is 423 g/mol. The van der Waals surface area contributed by atoms with Crippen LogP contribution in [0.1, 0.15) is 23.0 Å². The Balaban J connectivity index is 1.69. The highest BCUT2D eigenvalue weighted by Gasteiger charge is 2.25. The van der Waals surface area contributed by atoms with Gasteiger partial charge in [0.15, 0.2) is 5.69 Å². The Bertz CT molecular complexity index is 1220. The van der Waals surface area contributed by atoms with Gasteiger partial charge >= 0.3 is 0 Å². The molecule has 0 atom stereocenters. The zero-order valence-electron chi connectivity index (χ0n) is 15.7. The summed E-state index contributed by atoms with van der Waals surface area (Å²) in [5.41, 5.74) is 10.8. The summed E-state index contributed by atoms with van der Waals surface area (Å²) in [5, 5.41) is 20.1. The van der Waals surface area contributed by atoms with Crippen LogP contribution in [0.25, 0.3) is 17.1 Å². The highest BCUT2D eigenvalue weighted by Crippen LogP contribution is 2.26. The number of rotatable bonds is 5.